The van der Waals surface area contributed by atoms with Gasteiger partial charge in [0.1, 0.15) is 39.9 Å². The van der Waals surface area contributed by atoms with Crippen LogP contribution >= 0.6 is 0 Å². The van der Waals surface area contributed by atoms with Gasteiger partial charge in [-0.15, -0.1) is 0 Å². The molecule has 0 saturated heterocycles. The van der Waals surface area contributed by atoms with E-state index in [1.54, 1.807) is 66.3 Å². The number of aromatic nitrogens is 9. The maximum atomic E-state index is 13.7. The van der Waals surface area contributed by atoms with E-state index < -0.39 is 77.0 Å². The highest BCUT2D eigenvalue weighted by Gasteiger charge is 2.24. The fourth-order valence-electron chi connectivity index (χ4n) is 9.70. The van der Waals surface area contributed by atoms with Gasteiger partial charge in [-0.25, -0.2) is 4.98 Å². The lowest BCUT2D eigenvalue weighted by Gasteiger charge is -2.12. The number of nitrogens with one attached hydrogen (secondary N) is 10. The van der Waals surface area contributed by atoms with Crippen LogP contribution in [0, 0.1) is 0 Å². The van der Waals surface area contributed by atoms with Crippen molar-refractivity contribution in [2.75, 3.05) is 56.9 Å². The van der Waals surface area contributed by atoms with E-state index in [2.05, 4.69) is 58.2 Å². The topological polar surface area (TPSA) is 450 Å². The predicted molar refractivity (Wildman–Crippen MR) is 337 cm³/mol. The number of carboxylic acids is 1. The van der Waals surface area contributed by atoms with Crippen molar-refractivity contribution in [3.63, 3.8) is 0 Å². The van der Waals surface area contributed by atoms with Gasteiger partial charge in [-0.1, -0.05) is 0 Å². The van der Waals surface area contributed by atoms with Crippen molar-refractivity contribution in [1.29, 1.82) is 0 Å². The first-order valence-electron chi connectivity index (χ1n) is 28.5. The quantitative estimate of drug-likeness (QED) is 0.0330. The Hall–Kier alpha value is -12.2. The molecule has 0 spiro atoms. The molecule has 0 aromatic carbocycles. The summed E-state index contributed by atoms with van der Waals surface area (Å²) in [6, 6.07) is 8.86. The van der Waals surface area contributed by atoms with Gasteiger partial charge in [0.2, 0.25) is 17.7 Å². The highest BCUT2D eigenvalue weighted by molar-refractivity contribution is 6.09. The van der Waals surface area contributed by atoms with E-state index in [-0.39, 0.29) is 120 Å². The maximum absolute atomic E-state index is 13.7. The van der Waals surface area contributed by atoms with Crippen molar-refractivity contribution < 1.29 is 62.6 Å². The molecule has 0 aliphatic carbocycles. The van der Waals surface area contributed by atoms with Crippen LogP contribution in [-0.2, 0) is 75.1 Å². The minimum absolute atomic E-state index is 0.0109. The number of hydrogen-bond acceptors (Lipinski definition) is 14. The lowest BCUT2D eigenvalue weighted by molar-refractivity contribution is -0.137. The molecule has 8 heterocycles. The smallest absolute Gasteiger partial charge is 0.305 e. The number of hydrogen-bond donors (Lipinski definition) is 13. The second kappa shape index (κ2) is 28.9. The van der Waals surface area contributed by atoms with Crippen LogP contribution in [0.2, 0.25) is 0 Å². The summed E-state index contributed by atoms with van der Waals surface area (Å²) >= 11 is 0. The second-order valence-corrected chi connectivity index (χ2v) is 21.6. The van der Waals surface area contributed by atoms with Crippen LogP contribution in [0.3, 0.4) is 0 Å². The number of nitrogens with two attached hydrogens (primary N) is 2. The Morgan fingerprint density at radius 1 is 0.419 bits per heavy atom. The number of aryl methyl sites for hydroxylation is 8. The van der Waals surface area contributed by atoms with Crippen LogP contribution in [0.5, 0.6) is 0 Å². The summed E-state index contributed by atoms with van der Waals surface area (Å²) in [4.78, 5) is 158. The van der Waals surface area contributed by atoms with Gasteiger partial charge in [0.25, 0.3) is 47.3 Å². The van der Waals surface area contributed by atoms with Gasteiger partial charge in [0.05, 0.1) is 52.3 Å². The van der Waals surface area contributed by atoms with Crippen molar-refractivity contribution in [1.82, 2.24) is 57.5 Å². The monoisotopic (exact) mass is 1280 g/mol. The molecule has 0 unspecified atom stereocenters. The number of carbonyl (C=O) groups excluding carboxylic acids is 11. The van der Waals surface area contributed by atoms with Crippen molar-refractivity contribution in [2.45, 2.75) is 38.3 Å². The Labute approximate surface area is 529 Å². The zero-order valence-corrected chi connectivity index (χ0v) is 51.5. The first-order valence-corrected chi connectivity index (χ1v) is 28.5. The van der Waals surface area contributed by atoms with Gasteiger partial charge < -0.3 is 106 Å². The first-order chi connectivity index (χ1) is 44.1. The Morgan fingerprint density at radius 3 is 1.16 bits per heavy atom. The second-order valence-electron chi connectivity index (χ2n) is 21.6. The van der Waals surface area contributed by atoms with Gasteiger partial charge in [0, 0.05) is 144 Å². The molecule has 8 aromatic heterocycles. The molecular formula is C59H69N21O13. The number of carbonyl (C=O) groups is 12. The zero-order chi connectivity index (χ0) is 67.5. The number of anilines is 7. The summed E-state index contributed by atoms with van der Waals surface area (Å²) in [6.07, 6.45) is 13.0. The number of primary amides is 1. The average Bonchev–Trinajstić information content (AvgIpc) is 1.71. The number of aliphatic carboxylic acids is 1. The Morgan fingerprint density at radius 2 is 0.763 bits per heavy atom. The number of amides is 11. The number of imidazole rings is 1. The summed E-state index contributed by atoms with van der Waals surface area (Å²) < 4.78 is 11.8. The maximum Gasteiger partial charge on any atom is 0.305 e. The molecule has 34 nitrogen and oxygen atoms in total. The van der Waals surface area contributed by atoms with E-state index >= 15 is 0 Å². The molecule has 0 aliphatic rings. The number of rotatable bonds is 28. The van der Waals surface area contributed by atoms with Gasteiger partial charge in [-0.2, -0.15) is 0 Å². The van der Waals surface area contributed by atoms with Crippen LogP contribution in [0.15, 0.2) is 98.2 Å². The first kappa shape index (κ1) is 66.7. The largest absolute Gasteiger partial charge is 0.481 e. The van der Waals surface area contributed by atoms with Gasteiger partial charge in [-0.05, 0) is 48.9 Å². The van der Waals surface area contributed by atoms with Gasteiger partial charge in [-0.3, -0.25) is 57.5 Å². The Kier molecular flexibility index (Phi) is 20.8. The molecule has 0 fully saturated rings. The summed E-state index contributed by atoms with van der Waals surface area (Å²) in [5.41, 5.74) is 14.4. The lowest BCUT2D eigenvalue weighted by atomic mass is 10.2. The molecule has 488 valence electrons. The van der Waals surface area contributed by atoms with E-state index in [4.69, 9.17) is 11.5 Å². The average molecular weight is 1280 g/mol. The zero-order valence-electron chi connectivity index (χ0n) is 51.5. The van der Waals surface area contributed by atoms with Crippen molar-refractivity contribution >= 4 is 111 Å². The summed E-state index contributed by atoms with van der Waals surface area (Å²) in [5.74, 6) is -7.07. The van der Waals surface area contributed by atoms with E-state index in [1.807, 2.05) is 0 Å². The molecule has 0 saturated carbocycles. The molecule has 8 rings (SSSR count). The Bertz CT molecular complexity index is 4250. The van der Waals surface area contributed by atoms with Crippen molar-refractivity contribution in [3.8, 4) is 0 Å². The van der Waals surface area contributed by atoms with Crippen LogP contribution in [0.4, 0.5) is 39.8 Å². The van der Waals surface area contributed by atoms with Crippen LogP contribution in [0.25, 0.3) is 0 Å². The summed E-state index contributed by atoms with van der Waals surface area (Å²) in [6.45, 7) is -0.284. The molecule has 0 aliphatic heterocycles. The molecule has 0 bridgehead atoms. The molecule has 93 heavy (non-hydrogen) atoms. The third kappa shape index (κ3) is 16.9. The van der Waals surface area contributed by atoms with E-state index in [9.17, 15) is 62.6 Å². The van der Waals surface area contributed by atoms with E-state index in [0.717, 1.165) is 0 Å². The molecule has 8 aromatic rings. The molecule has 34 heteroatoms. The molecule has 11 amide bonds. The standard InChI is InChI=1S/C59H69N21O13/c1-73-17-15-62-51(73)59(93)72-37-21-43(77(5)30-37)55(89)65-14-10-48(82)67-38-24-46(80(31-38)16-11-49(83)84)58(92)71-35-20-41(76(4)28-35)53(87)63-12-8-39(60)52(86)68-33-22-44(78(6)26-33)56(90)70-36-23-45(79(7)29-36)57(91)69-34-19-42(75(3)27-34)54(88)64-13-9-47(81)66-32-18-40(50(61)85)74(2)25-32/h15,17-31,39H,8-14,16,60H2,1-7H3,(H2,61,85)(H,63,87)(H,64,88)(H,65,89)(H,66,81)(H,67,82)(H,68,86)(H,69,91)(H,70,90)(H,71,92)(H,72,93)(H,83,84)/t39-/m1/s1. The van der Waals surface area contributed by atoms with E-state index in [1.165, 1.54) is 118 Å². The van der Waals surface area contributed by atoms with Crippen LogP contribution < -0.4 is 64.6 Å². The molecule has 15 N–H and O–H groups in total. The fourth-order valence-corrected chi connectivity index (χ4v) is 9.70. The normalized spacial score (nSPS) is 11.3. The van der Waals surface area contributed by atoms with Gasteiger partial charge >= 0.3 is 5.97 Å². The molecular weight excluding hydrogens is 1210 g/mol. The third-order valence-corrected chi connectivity index (χ3v) is 14.4. The molecule has 0 radical (unpaired) electrons. The van der Waals surface area contributed by atoms with Crippen LogP contribution in [0.1, 0.15) is 110 Å². The molecule has 1 atom stereocenters. The Balaban J connectivity index is 0.761. The minimum Gasteiger partial charge on any atom is -0.481 e. The lowest BCUT2D eigenvalue weighted by Crippen LogP contribution is -2.39. The SMILES string of the molecule is Cn1cc(NC(=O)CCNC(=O)c2cc(NC(=O)c3cc(NC(=O)c4cc(NC(=O)[C@H](N)CCNC(=O)c5cc(NC(=O)c6cc(NC(=O)CCNC(=O)c7cc(NC(=O)c8nccn8C)cn7C)cn6CCC(=O)O)cn5C)cn4C)cn3C)cn2C)cc1C(N)=O. The summed E-state index contributed by atoms with van der Waals surface area (Å²) in [5, 5.41) is 36.2. The van der Waals surface area contributed by atoms with Gasteiger partial charge in [0.15, 0.2) is 5.82 Å². The highest BCUT2D eigenvalue weighted by Crippen LogP contribution is 2.23. The van der Waals surface area contributed by atoms with Crippen LogP contribution in [-0.4, -0.2) is 143 Å². The predicted octanol–water partition coefficient (Wildman–Crippen LogP) is 1.44. The number of nitrogens with zero attached hydrogens (tertiary/aromatic N) is 9. The number of carboxylic acid groups (broad SMARTS) is 1. The van der Waals surface area contributed by atoms with E-state index in [0.29, 0.717) is 17.1 Å². The highest BCUT2D eigenvalue weighted by atomic mass is 16.4. The fraction of sp³-hybridized carbons (Fsp3) is 0.271. The minimum atomic E-state index is -1.14. The van der Waals surface area contributed by atoms with Crippen molar-refractivity contribution in [2.24, 2.45) is 60.8 Å². The summed E-state index contributed by atoms with van der Waals surface area (Å²) in [7, 11) is 11.2. The van der Waals surface area contributed by atoms with Crippen molar-refractivity contribution in [3.05, 3.63) is 144 Å². The third-order valence-electron chi connectivity index (χ3n) is 14.4.